The van der Waals surface area contributed by atoms with Crippen LogP contribution in [-0.4, -0.2) is 26.7 Å². The van der Waals surface area contributed by atoms with Gasteiger partial charge in [-0.25, -0.2) is 8.42 Å². The number of anilines is 2. The summed E-state index contributed by atoms with van der Waals surface area (Å²) in [6, 6.07) is 24.6. The Morgan fingerprint density at radius 3 is 2.00 bits per heavy atom. The van der Waals surface area contributed by atoms with Gasteiger partial charge in [-0.3, -0.25) is 9.52 Å². The van der Waals surface area contributed by atoms with Gasteiger partial charge in [0.1, 0.15) is 12.7 Å². The van der Waals surface area contributed by atoms with E-state index in [-0.39, 0.29) is 24.4 Å². The summed E-state index contributed by atoms with van der Waals surface area (Å²) < 4.78 is 32.8. The molecule has 0 radical (unpaired) electrons. The smallest absolute Gasteiger partial charge is 0.250 e. The molecule has 32 heavy (non-hydrogen) atoms. The van der Waals surface area contributed by atoms with Crippen LogP contribution in [0.25, 0.3) is 0 Å². The lowest BCUT2D eigenvalue weighted by Gasteiger charge is -2.19. The average Bonchev–Trinajstić information content (AvgIpc) is 2.78. The van der Waals surface area contributed by atoms with Crippen molar-refractivity contribution >= 4 is 27.3 Å². The largest absolute Gasteiger partial charge is 0.359 e. The molecule has 0 aliphatic rings. The van der Waals surface area contributed by atoms with E-state index in [1.54, 1.807) is 32.0 Å². The molecule has 3 rings (SSSR count). The van der Waals surface area contributed by atoms with Crippen LogP contribution in [0.2, 0.25) is 0 Å². The normalized spacial score (nSPS) is 11.3. The molecule has 0 spiro atoms. The SMILES string of the molecule is CCCS(=O)(=O)Nc1cccc(NC(=O)COC(c2ccccc2)c2ccccc2)c1C. The zero-order valence-electron chi connectivity index (χ0n) is 18.2. The molecule has 168 valence electrons. The zero-order valence-corrected chi connectivity index (χ0v) is 19.1. The van der Waals surface area contributed by atoms with E-state index in [1.165, 1.54) is 0 Å². The summed E-state index contributed by atoms with van der Waals surface area (Å²) in [6.07, 6.45) is 0.142. The third-order valence-corrected chi connectivity index (χ3v) is 6.41. The van der Waals surface area contributed by atoms with E-state index in [4.69, 9.17) is 4.74 Å². The van der Waals surface area contributed by atoms with Gasteiger partial charge in [0, 0.05) is 5.69 Å². The van der Waals surface area contributed by atoms with Gasteiger partial charge in [0.2, 0.25) is 15.9 Å². The molecule has 0 atom stereocenters. The van der Waals surface area contributed by atoms with Crippen LogP contribution >= 0.6 is 0 Å². The van der Waals surface area contributed by atoms with Crippen molar-refractivity contribution in [2.75, 3.05) is 22.4 Å². The van der Waals surface area contributed by atoms with Crippen molar-refractivity contribution in [3.63, 3.8) is 0 Å². The lowest BCUT2D eigenvalue weighted by molar-refractivity contribution is -0.121. The lowest BCUT2D eigenvalue weighted by atomic mass is 10.0. The third-order valence-electron chi connectivity index (χ3n) is 4.93. The fourth-order valence-electron chi connectivity index (χ4n) is 3.35. The molecule has 0 fully saturated rings. The van der Waals surface area contributed by atoms with Crippen LogP contribution in [0.5, 0.6) is 0 Å². The third kappa shape index (κ3) is 6.42. The minimum absolute atomic E-state index is 0.0389. The molecule has 3 aromatic rings. The fourth-order valence-corrected chi connectivity index (χ4v) is 4.55. The van der Waals surface area contributed by atoms with Crippen molar-refractivity contribution in [3.8, 4) is 0 Å². The van der Waals surface area contributed by atoms with E-state index >= 15 is 0 Å². The Labute approximate surface area is 189 Å². The van der Waals surface area contributed by atoms with Gasteiger partial charge in [-0.15, -0.1) is 0 Å². The first-order valence-corrected chi connectivity index (χ1v) is 12.2. The number of carbonyl (C=O) groups is 1. The number of ether oxygens (including phenoxy) is 1. The maximum Gasteiger partial charge on any atom is 0.250 e. The van der Waals surface area contributed by atoms with Crippen LogP contribution in [0.1, 0.15) is 36.1 Å². The van der Waals surface area contributed by atoms with E-state index in [0.29, 0.717) is 23.4 Å². The predicted molar refractivity (Wildman–Crippen MR) is 128 cm³/mol. The topological polar surface area (TPSA) is 84.5 Å². The first-order valence-electron chi connectivity index (χ1n) is 10.5. The number of amides is 1. The standard InChI is InChI=1S/C25H28N2O4S/c1-3-17-32(29,30)27-23-16-10-15-22(19(23)2)26-24(28)18-31-25(20-11-6-4-7-12-20)21-13-8-5-9-14-21/h4-16,25,27H,3,17-18H2,1-2H3,(H,26,28). The summed E-state index contributed by atoms with van der Waals surface area (Å²) in [5, 5.41) is 2.83. The van der Waals surface area contributed by atoms with Crippen molar-refractivity contribution in [1.29, 1.82) is 0 Å². The highest BCUT2D eigenvalue weighted by Crippen LogP contribution is 2.27. The molecular weight excluding hydrogens is 424 g/mol. The Hall–Kier alpha value is -3.16. The monoisotopic (exact) mass is 452 g/mol. The number of benzene rings is 3. The summed E-state index contributed by atoms with van der Waals surface area (Å²) >= 11 is 0. The number of hydrogen-bond acceptors (Lipinski definition) is 4. The Morgan fingerprint density at radius 2 is 1.44 bits per heavy atom. The number of sulfonamides is 1. The maximum atomic E-state index is 12.7. The van der Waals surface area contributed by atoms with Crippen LogP contribution in [0.4, 0.5) is 11.4 Å². The molecule has 0 aromatic heterocycles. The molecule has 3 aromatic carbocycles. The van der Waals surface area contributed by atoms with Gasteiger partial charge in [0.15, 0.2) is 0 Å². The van der Waals surface area contributed by atoms with Crippen LogP contribution in [0, 0.1) is 6.92 Å². The van der Waals surface area contributed by atoms with E-state index in [0.717, 1.165) is 11.1 Å². The molecule has 0 aliphatic carbocycles. The van der Waals surface area contributed by atoms with Crippen molar-refractivity contribution in [2.24, 2.45) is 0 Å². The molecule has 0 heterocycles. The molecule has 0 unspecified atom stereocenters. The number of hydrogen-bond donors (Lipinski definition) is 2. The summed E-state index contributed by atoms with van der Waals surface area (Å²) in [7, 11) is -3.42. The molecule has 6 nitrogen and oxygen atoms in total. The molecule has 1 amide bonds. The first kappa shape index (κ1) is 23.5. The van der Waals surface area contributed by atoms with E-state index in [2.05, 4.69) is 10.0 Å². The lowest BCUT2D eigenvalue weighted by Crippen LogP contribution is -2.22. The van der Waals surface area contributed by atoms with Crippen LogP contribution < -0.4 is 10.0 Å². The Kier molecular flexibility index (Phi) is 8.03. The van der Waals surface area contributed by atoms with Crippen LogP contribution in [0.3, 0.4) is 0 Å². The highest BCUT2D eigenvalue weighted by atomic mass is 32.2. The van der Waals surface area contributed by atoms with Crippen LogP contribution in [0.15, 0.2) is 78.9 Å². The predicted octanol–water partition coefficient (Wildman–Crippen LogP) is 4.89. The van der Waals surface area contributed by atoms with Gasteiger partial charge in [-0.1, -0.05) is 73.7 Å². The van der Waals surface area contributed by atoms with Crippen molar-refractivity contribution in [3.05, 3.63) is 95.6 Å². The highest BCUT2D eigenvalue weighted by molar-refractivity contribution is 7.92. The summed E-state index contributed by atoms with van der Waals surface area (Å²) in [5.41, 5.74) is 3.53. The van der Waals surface area contributed by atoms with Gasteiger partial charge in [0.25, 0.3) is 0 Å². The van der Waals surface area contributed by atoms with Gasteiger partial charge in [-0.2, -0.15) is 0 Å². The van der Waals surface area contributed by atoms with Gasteiger partial charge in [-0.05, 0) is 42.2 Å². The summed E-state index contributed by atoms with van der Waals surface area (Å²) in [5.74, 6) is -0.282. The second-order valence-corrected chi connectivity index (χ2v) is 9.30. The highest BCUT2D eigenvalue weighted by Gasteiger charge is 2.17. The minimum Gasteiger partial charge on any atom is -0.359 e. The maximum absolute atomic E-state index is 12.7. The van der Waals surface area contributed by atoms with E-state index < -0.39 is 10.0 Å². The fraction of sp³-hybridized carbons (Fsp3) is 0.240. The average molecular weight is 453 g/mol. The van der Waals surface area contributed by atoms with E-state index in [9.17, 15) is 13.2 Å². The van der Waals surface area contributed by atoms with Crippen molar-refractivity contribution in [2.45, 2.75) is 26.4 Å². The second kappa shape index (κ2) is 10.9. The van der Waals surface area contributed by atoms with Crippen molar-refractivity contribution in [1.82, 2.24) is 0 Å². The Morgan fingerprint density at radius 1 is 0.875 bits per heavy atom. The number of carbonyl (C=O) groups excluding carboxylic acids is 1. The molecule has 0 aliphatic heterocycles. The second-order valence-electron chi connectivity index (χ2n) is 7.46. The Balaban J connectivity index is 1.70. The zero-order chi connectivity index (χ0) is 23.0. The van der Waals surface area contributed by atoms with Gasteiger partial charge in [0.05, 0.1) is 11.4 Å². The first-order chi connectivity index (χ1) is 15.4. The number of rotatable bonds is 10. The van der Waals surface area contributed by atoms with Gasteiger partial charge >= 0.3 is 0 Å². The Bertz CT molecular complexity index is 1090. The molecule has 0 saturated heterocycles. The van der Waals surface area contributed by atoms with Crippen LogP contribution in [-0.2, 0) is 19.6 Å². The van der Waals surface area contributed by atoms with Crippen molar-refractivity contribution < 1.29 is 17.9 Å². The molecule has 7 heteroatoms. The minimum atomic E-state index is -3.42. The summed E-state index contributed by atoms with van der Waals surface area (Å²) in [6.45, 7) is 3.41. The number of nitrogens with one attached hydrogen (secondary N) is 2. The molecule has 0 saturated carbocycles. The van der Waals surface area contributed by atoms with E-state index in [1.807, 2.05) is 60.7 Å². The van der Waals surface area contributed by atoms with Gasteiger partial charge < -0.3 is 10.1 Å². The molecule has 2 N–H and O–H groups in total. The molecule has 0 bridgehead atoms. The summed E-state index contributed by atoms with van der Waals surface area (Å²) in [4.78, 5) is 12.7. The quantitative estimate of drug-likeness (QED) is 0.459. The molecular formula is C25H28N2O4S.